The fourth-order valence-corrected chi connectivity index (χ4v) is 2.74. The smallest absolute Gasteiger partial charge is 0.379 e. The number of carbonyl (C=O) groups excluding carboxylic acids is 1. The Morgan fingerprint density at radius 1 is 1.25 bits per heavy atom. The molecular weight excluding hydrogens is 323 g/mol. The van der Waals surface area contributed by atoms with Crippen LogP contribution in [0.1, 0.15) is 34.1 Å². The predicted molar refractivity (Wildman–Crippen MR) is 86.8 cm³/mol. The number of amides is 1. The summed E-state index contributed by atoms with van der Waals surface area (Å²) in [5, 5.41) is 2.65. The van der Waals surface area contributed by atoms with Crippen molar-refractivity contribution in [3.63, 3.8) is 0 Å². The van der Waals surface area contributed by atoms with Gasteiger partial charge in [0.15, 0.2) is 0 Å². The van der Waals surface area contributed by atoms with Crippen LogP contribution >= 0.6 is 0 Å². The van der Waals surface area contributed by atoms with Crippen LogP contribution < -0.4 is 5.32 Å². The number of hydrogen-bond acceptors (Lipinski definition) is 4. The van der Waals surface area contributed by atoms with Gasteiger partial charge in [0.05, 0.1) is 12.6 Å². The van der Waals surface area contributed by atoms with E-state index in [0.29, 0.717) is 26.1 Å². The molecule has 1 fully saturated rings. The van der Waals surface area contributed by atoms with E-state index < -0.39 is 12.2 Å². The Morgan fingerprint density at radius 3 is 2.46 bits per heavy atom. The number of ether oxygens (including phenoxy) is 1. The highest BCUT2D eigenvalue weighted by Crippen LogP contribution is 2.27. The van der Waals surface area contributed by atoms with Crippen LogP contribution in [0.5, 0.6) is 0 Å². The summed E-state index contributed by atoms with van der Waals surface area (Å²) in [5.74, 6) is -0.363. The Labute approximate surface area is 142 Å². The van der Waals surface area contributed by atoms with Crippen LogP contribution in [-0.2, 0) is 9.53 Å². The Hall–Kier alpha value is -0.860. The fraction of sp³-hybridized carbons (Fsp3) is 0.938. The second-order valence-corrected chi connectivity index (χ2v) is 6.82. The minimum Gasteiger partial charge on any atom is -0.379 e. The van der Waals surface area contributed by atoms with Gasteiger partial charge in [0.1, 0.15) is 6.04 Å². The van der Waals surface area contributed by atoms with E-state index in [0.717, 1.165) is 0 Å². The van der Waals surface area contributed by atoms with Crippen molar-refractivity contribution >= 4 is 5.91 Å². The lowest BCUT2D eigenvalue weighted by Crippen LogP contribution is -2.60. The molecule has 0 aliphatic carbocycles. The van der Waals surface area contributed by atoms with Gasteiger partial charge in [-0.25, -0.2) is 0 Å². The molecule has 8 heteroatoms. The monoisotopic (exact) mass is 353 g/mol. The normalized spacial score (nSPS) is 20.8. The Balaban J connectivity index is 2.53. The molecule has 0 bridgehead atoms. The number of nitrogens with zero attached hydrogens (tertiary/aromatic N) is 2. The van der Waals surface area contributed by atoms with E-state index in [-0.39, 0.29) is 37.7 Å². The van der Waals surface area contributed by atoms with Gasteiger partial charge in [-0.05, 0) is 34.1 Å². The molecule has 1 saturated heterocycles. The molecule has 0 radical (unpaired) electrons. The third-order valence-electron chi connectivity index (χ3n) is 3.82. The molecular formula is C16H30F3N3O2. The average molecular weight is 353 g/mol. The van der Waals surface area contributed by atoms with Crippen molar-refractivity contribution in [2.45, 2.75) is 58.5 Å². The van der Waals surface area contributed by atoms with Crippen molar-refractivity contribution in [3.8, 4) is 0 Å². The second kappa shape index (κ2) is 9.58. The van der Waals surface area contributed by atoms with Crippen LogP contribution in [0.25, 0.3) is 0 Å². The molecule has 1 aliphatic rings. The van der Waals surface area contributed by atoms with Crippen molar-refractivity contribution in [1.29, 1.82) is 0 Å². The summed E-state index contributed by atoms with van der Waals surface area (Å²) >= 11 is 0. The van der Waals surface area contributed by atoms with Crippen molar-refractivity contribution < 1.29 is 22.7 Å². The molecule has 0 aromatic heterocycles. The molecule has 24 heavy (non-hydrogen) atoms. The minimum absolute atomic E-state index is 0.0796. The molecule has 0 aromatic rings. The van der Waals surface area contributed by atoms with Gasteiger partial charge in [0.25, 0.3) is 0 Å². The zero-order chi connectivity index (χ0) is 18.3. The van der Waals surface area contributed by atoms with E-state index in [1.165, 1.54) is 4.90 Å². The summed E-state index contributed by atoms with van der Waals surface area (Å²) < 4.78 is 45.5. The standard InChI is InChI=1S/C16H30F3N3O2/c1-12(2)20-15(23)11-22-8-7-21(6-5-9-24-13(3)4)10-14(22)16(17,18)19/h12-14H,5-11H2,1-4H3,(H,20,23). The molecule has 1 atom stereocenters. The van der Waals surface area contributed by atoms with Crippen LogP contribution in [0, 0.1) is 0 Å². The number of alkyl halides is 3. The van der Waals surface area contributed by atoms with E-state index in [2.05, 4.69) is 5.32 Å². The van der Waals surface area contributed by atoms with Gasteiger partial charge in [-0.3, -0.25) is 9.69 Å². The van der Waals surface area contributed by atoms with Crippen LogP contribution in [0.3, 0.4) is 0 Å². The third kappa shape index (κ3) is 7.81. The van der Waals surface area contributed by atoms with Crippen LogP contribution in [-0.4, -0.2) is 79.4 Å². The van der Waals surface area contributed by atoms with Crippen LogP contribution in [0.2, 0.25) is 0 Å². The maximum Gasteiger partial charge on any atom is 0.405 e. The zero-order valence-electron chi connectivity index (χ0n) is 15.0. The first-order chi connectivity index (χ1) is 11.1. The van der Waals surface area contributed by atoms with Crippen molar-refractivity contribution in [2.75, 3.05) is 39.3 Å². The Bertz CT molecular complexity index is 389. The average Bonchev–Trinajstić information content (AvgIpc) is 2.42. The number of halogens is 3. The maximum absolute atomic E-state index is 13.3. The molecule has 0 spiro atoms. The second-order valence-electron chi connectivity index (χ2n) is 6.82. The number of carbonyl (C=O) groups is 1. The highest BCUT2D eigenvalue weighted by Gasteiger charge is 2.46. The molecule has 1 N–H and O–H groups in total. The first-order valence-electron chi connectivity index (χ1n) is 8.53. The lowest BCUT2D eigenvalue weighted by Gasteiger charge is -2.41. The van der Waals surface area contributed by atoms with Crippen molar-refractivity contribution in [2.24, 2.45) is 0 Å². The van der Waals surface area contributed by atoms with Gasteiger partial charge in [-0.1, -0.05) is 0 Å². The maximum atomic E-state index is 13.3. The van der Waals surface area contributed by atoms with E-state index in [1.54, 1.807) is 18.7 Å². The Kier molecular flexibility index (Phi) is 8.45. The highest BCUT2D eigenvalue weighted by atomic mass is 19.4. The SMILES string of the molecule is CC(C)NC(=O)CN1CCN(CCCOC(C)C)CC1C(F)(F)F. The topological polar surface area (TPSA) is 44.8 Å². The van der Waals surface area contributed by atoms with E-state index >= 15 is 0 Å². The van der Waals surface area contributed by atoms with Gasteiger partial charge < -0.3 is 15.0 Å². The number of piperazine rings is 1. The molecule has 0 aromatic carbocycles. The molecule has 142 valence electrons. The molecule has 0 saturated carbocycles. The lowest BCUT2D eigenvalue weighted by molar-refractivity contribution is -0.197. The number of nitrogens with one attached hydrogen (secondary N) is 1. The van der Waals surface area contributed by atoms with E-state index in [1.807, 2.05) is 13.8 Å². The third-order valence-corrected chi connectivity index (χ3v) is 3.82. The minimum atomic E-state index is -4.34. The molecule has 1 aliphatic heterocycles. The quantitative estimate of drug-likeness (QED) is 0.677. The molecule has 5 nitrogen and oxygen atoms in total. The summed E-state index contributed by atoms with van der Waals surface area (Å²) in [6.07, 6.45) is -3.51. The summed E-state index contributed by atoms with van der Waals surface area (Å²) in [5.41, 5.74) is 0. The van der Waals surface area contributed by atoms with E-state index in [9.17, 15) is 18.0 Å². The molecule has 1 amide bonds. The number of hydrogen-bond donors (Lipinski definition) is 1. The number of rotatable bonds is 8. The Morgan fingerprint density at radius 2 is 1.92 bits per heavy atom. The highest BCUT2D eigenvalue weighted by molar-refractivity contribution is 5.78. The molecule has 1 heterocycles. The zero-order valence-corrected chi connectivity index (χ0v) is 15.0. The van der Waals surface area contributed by atoms with Gasteiger partial charge in [0, 0.05) is 38.8 Å². The van der Waals surface area contributed by atoms with Crippen molar-refractivity contribution in [1.82, 2.24) is 15.1 Å². The van der Waals surface area contributed by atoms with Gasteiger partial charge >= 0.3 is 6.18 Å². The van der Waals surface area contributed by atoms with Crippen LogP contribution in [0.4, 0.5) is 13.2 Å². The van der Waals surface area contributed by atoms with Gasteiger partial charge in [-0.15, -0.1) is 0 Å². The summed E-state index contributed by atoms with van der Waals surface area (Å²) in [4.78, 5) is 14.8. The summed E-state index contributed by atoms with van der Waals surface area (Å²) in [7, 11) is 0. The fourth-order valence-electron chi connectivity index (χ4n) is 2.74. The van der Waals surface area contributed by atoms with Crippen LogP contribution in [0.15, 0.2) is 0 Å². The van der Waals surface area contributed by atoms with Gasteiger partial charge in [0.2, 0.25) is 5.91 Å². The predicted octanol–water partition coefficient (Wildman–Crippen LogP) is 1.87. The first kappa shape index (κ1) is 21.2. The first-order valence-corrected chi connectivity index (χ1v) is 8.53. The lowest BCUT2D eigenvalue weighted by atomic mass is 10.1. The van der Waals surface area contributed by atoms with Gasteiger partial charge in [-0.2, -0.15) is 13.2 Å². The molecule has 1 unspecified atom stereocenters. The summed E-state index contributed by atoms with van der Waals surface area (Å²) in [6, 6.07) is -1.68. The summed E-state index contributed by atoms with van der Waals surface area (Å²) in [6.45, 7) is 9.02. The van der Waals surface area contributed by atoms with E-state index in [4.69, 9.17) is 4.74 Å². The largest absolute Gasteiger partial charge is 0.405 e. The van der Waals surface area contributed by atoms with Crippen molar-refractivity contribution in [3.05, 3.63) is 0 Å². The molecule has 1 rings (SSSR count).